The highest BCUT2D eigenvalue weighted by atomic mass is 32.1. The molecule has 4 rings (SSSR count). The number of aromatic nitrogens is 1. The molecule has 0 aliphatic heterocycles. The van der Waals surface area contributed by atoms with Crippen LogP contribution in [0.25, 0.3) is 10.9 Å². The van der Waals surface area contributed by atoms with E-state index in [1.165, 1.54) is 11.3 Å². The SMILES string of the molecule is N#Cc1ccccc1Cn1cc(C(=O)c2cccs2)c2ccccc21. The van der Waals surface area contributed by atoms with Gasteiger partial charge in [-0.3, -0.25) is 4.79 Å². The Morgan fingerprint density at radius 1 is 1.04 bits per heavy atom. The van der Waals surface area contributed by atoms with Crippen LogP contribution in [0.5, 0.6) is 0 Å². The minimum atomic E-state index is 0.0403. The molecule has 2 heterocycles. The second kappa shape index (κ2) is 6.39. The lowest BCUT2D eigenvalue weighted by molar-refractivity contribution is 0.104. The first-order chi connectivity index (χ1) is 12.3. The van der Waals surface area contributed by atoms with E-state index >= 15 is 0 Å². The van der Waals surface area contributed by atoms with E-state index in [4.69, 9.17) is 0 Å². The first-order valence-electron chi connectivity index (χ1n) is 7.92. The molecule has 0 spiro atoms. The number of thiophene rings is 1. The van der Waals surface area contributed by atoms with Gasteiger partial charge in [0.2, 0.25) is 5.78 Å². The van der Waals surface area contributed by atoms with Crippen LogP contribution in [-0.2, 0) is 6.54 Å². The molecular formula is C21H14N2OS. The largest absolute Gasteiger partial charge is 0.342 e. The second-order valence-corrected chi connectivity index (χ2v) is 6.71. The van der Waals surface area contributed by atoms with E-state index in [9.17, 15) is 10.1 Å². The van der Waals surface area contributed by atoms with E-state index in [1.54, 1.807) is 0 Å². The van der Waals surface area contributed by atoms with Crippen molar-refractivity contribution in [2.45, 2.75) is 6.54 Å². The molecule has 0 atom stereocenters. The topological polar surface area (TPSA) is 45.8 Å². The number of ketones is 1. The molecule has 0 unspecified atom stereocenters. The Morgan fingerprint density at radius 3 is 2.64 bits per heavy atom. The van der Waals surface area contributed by atoms with Crippen LogP contribution in [0, 0.1) is 11.3 Å². The smallest absolute Gasteiger partial charge is 0.205 e. The summed E-state index contributed by atoms with van der Waals surface area (Å²) in [5.41, 5.74) is 3.30. The van der Waals surface area contributed by atoms with Gasteiger partial charge in [-0.15, -0.1) is 11.3 Å². The summed E-state index contributed by atoms with van der Waals surface area (Å²) in [5, 5.41) is 12.2. The fraction of sp³-hybridized carbons (Fsp3) is 0.0476. The molecule has 0 aliphatic rings. The quantitative estimate of drug-likeness (QED) is 0.498. The number of carbonyl (C=O) groups is 1. The zero-order valence-electron chi connectivity index (χ0n) is 13.3. The van der Waals surface area contributed by atoms with E-state index in [0.717, 1.165) is 21.3 Å². The fourth-order valence-electron chi connectivity index (χ4n) is 3.05. The number of rotatable bonds is 4. The molecular weight excluding hydrogens is 328 g/mol. The predicted octanol–water partition coefficient (Wildman–Crippen LogP) is 4.85. The highest BCUT2D eigenvalue weighted by molar-refractivity contribution is 7.12. The maximum atomic E-state index is 12.9. The van der Waals surface area contributed by atoms with Crippen LogP contribution in [0.3, 0.4) is 0 Å². The van der Waals surface area contributed by atoms with Gasteiger partial charge in [0, 0.05) is 29.2 Å². The zero-order valence-corrected chi connectivity index (χ0v) is 14.2. The average Bonchev–Trinajstić information content (AvgIpc) is 3.30. The van der Waals surface area contributed by atoms with Crippen LogP contribution < -0.4 is 0 Å². The van der Waals surface area contributed by atoms with Crippen LogP contribution in [0.1, 0.15) is 26.4 Å². The molecule has 3 nitrogen and oxygen atoms in total. The van der Waals surface area contributed by atoms with Gasteiger partial charge in [-0.25, -0.2) is 0 Å². The molecule has 120 valence electrons. The predicted molar refractivity (Wildman–Crippen MR) is 99.9 cm³/mol. The Bertz CT molecular complexity index is 1100. The van der Waals surface area contributed by atoms with Crippen molar-refractivity contribution in [3.05, 3.63) is 93.8 Å². The lowest BCUT2D eigenvalue weighted by Gasteiger charge is -2.07. The number of hydrogen-bond acceptors (Lipinski definition) is 3. The van der Waals surface area contributed by atoms with Crippen molar-refractivity contribution >= 4 is 28.0 Å². The summed E-state index contributed by atoms with van der Waals surface area (Å²) >= 11 is 1.45. The molecule has 0 saturated heterocycles. The van der Waals surface area contributed by atoms with Gasteiger partial charge < -0.3 is 4.57 Å². The molecule has 0 aliphatic carbocycles. The third kappa shape index (κ3) is 2.75. The number of benzene rings is 2. The van der Waals surface area contributed by atoms with Crippen LogP contribution in [0.15, 0.2) is 72.2 Å². The standard InChI is InChI=1S/C21H14N2OS/c22-12-15-6-1-2-7-16(15)13-23-14-18(17-8-3-4-9-19(17)23)21(24)20-10-5-11-25-20/h1-11,14H,13H2. The summed E-state index contributed by atoms with van der Waals surface area (Å²) in [4.78, 5) is 13.6. The van der Waals surface area contributed by atoms with Crippen molar-refractivity contribution < 1.29 is 4.79 Å². The summed E-state index contributed by atoms with van der Waals surface area (Å²) < 4.78 is 2.05. The van der Waals surface area contributed by atoms with Crippen molar-refractivity contribution in [3.63, 3.8) is 0 Å². The van der Waals surface area contributed by atoms with Crippen LogP contribution >= 0.6 is 11.3 Å². The number of carbonyl (C=O) groups excluding carboxylic acids is 1. The molecule has 4 aromatic rings. The highest BCUT2D eigenvalue weighted by Gasteiger charge is 2.17. The van der Waals surface area contributed by atoms with Gasteiger partial charge in [-0.2, -0.15) is 5.26 Å². The van der Waals surface area contributed by atoms with E-state index in [1.807, 2.05) is 76.8 Å². The average molecular weight is 342 g/mol. The molecule has 2 aromatic heterocycles. The van der Waals surface area contributed by atoms with Gasteiger partial charge in [0.1, 0.15) is 0 Å². The van der Waals surface area contributed by atoms with Crippen molar-refractivity contribution in [2.75, 3.05) is 0 Å². The summed E-state index contributed by atoms with van der Waals surface area (Å²) in [6, 6.07) is 21.4. The summed E-state index contributed by atoms with van der Waals surface area (Å²) in [6.45, 7) is 0.558. The number of hydrogen-bond donors (Lipinski definition) is 0. The van der Waals surface area contributed by atoms with Gasteiger partial charge in [0.15, 0.2) is 0 Å². The van der Waals surface area contributed by atoms with Crippen LogP contribution in [-0.4, -0.2) is 10.4 Å². The van der Waals surface area contributed by atoms with E-state index in [2.05, 4.69) is 6.07 Å². The van der Waals surface area contributed by atoms with Crippen molar-refractivity contribution in [1.82, 2.24) is 4.57 Å². The summed E-state index contributed by atoms with van der Waals surface area (Å²) in [7, 11) is 0. The van der Waals surface area contributed by atoms with Gasteiger partial charge >= 0.3 is 0 Å². The number of fused-ring (bicyclic) bond motifs is 1. The molecule has 25 heavy (non-hydrogen) atoms. The van der Waals surface area contributed by atoms with Crippen LogP contribution in [0.2, 0.25) is 0 Å². The Kier molecular flexibility index (Phi) is 3.93. The van der Waals surface area contributed by atoms with E-state index in [-0.39, 0.29) is 5.78 Å². The van der Waals surface area contributed by atoms with Gasteiger partial charge in [0.05, 0.1) is 16.5 Å². The van der Waals surface area contributed by atoms with Gasteiger partial charge in [-0.1, -0.05) is 42.5 Å². The zero-order chi connectivity index (χ0) is 17.2. The maximum Gasteiger partial charge on any atom is 0.205 e. The fourth-order valence-corrected chi connectivity index (χ4v) is 3.73. The Morgan fingerprint density at radius 2 is 1.84 bits per heavy atom. The van der Waals surface area contributed by atoms with Crippen LogP contribution in [0.4, 0.5) is 0 Å². The number of nitrogens with zero attached hydrogens (tertiary/aromatic N) is 2. The normalized spacial score (nSPS) is 10.7. The minimum absolute atomic E-state index is 0.0403. The van der Waals surface area contributed by atoms with E-state index < -0.39 is 0 Å². The van der Waals surface area contributed by atoms with Gasteiger partial charge in [0.25, 0.3) is 0 Å². The third-order valence-electron chi connectivity index (χ3n) is 4.26. The molecule has 4 heteroatoms. The maximum absolute atomic E-state index is 12.9. The molecule has 0 fully saturated rings. The Hall–Kier alpha value is -3.16. The molecule has 0 radical (unpaired) electrons. The highest BCUT2D eigenvalue weighted by Crippen LogP contribution is 2.26. The number of para-hydroxylation sites is 1. The monoisotopic (exact) mass is 342 g/mol. The molecule has 0 amide bonds. The first-order valence-corrected chi connectivity index (χ1v) is 8.80. The molecule has 2 aromatic carbocycles. The molecule has 0 bridgehead atoms. The second-order valence-electron chi connectivity index (χ2n) is 5.76. The first kappa shape index (κ1) is 15.4. The Balaban J connectivity index is 1.83. The number of nitriles is 1. The lowest BCUT2D eigenvalue weighted by Crippen LogP contribution is -2.01. The van der Waals surface area contributed by atoms with Crippen molar-refractivity contribution in [2.24, 2.45) is 0 Å². The minimum Gasteiger partial charge on any atom is -0.342 e. The molecule has 0 N–H and O–H groups in total. The molecule has 0 saturated carbocycles. The summed E-state index contributed by atoms with van der Waals surface area (Å²) in [6.07, 6.45) is 1.90. The Labute approximate surface area is 149 Å². The van der Waals surface area contributed by atoms with Crippen molar-refractivity contribution in [1.29, 1.82) is 5.26 Å². The lowest BCUT2D eigenvalue weighted by atomic mass is 10.1. The van der Waals surface area contributed by atoms with Crippen molar-refractivity contribution in [3.8, 4) is 6.07 Å². The van der Waals surface area contributed by atoms with Gasteiger partial charge in [-0.05, 0) is 29.1 Å². The van der Waals surface area contributed by atoms with E-state index in [0.29, 0.717) is 17.7 Å². The third-order valence-corrected chi connectivity index (χ3v) is 5.13. The summed E-state index contributed by atoms with van der Waals surface area (Å²) in [5.74, 6) is 0.0403.